The number of carboxylic acids is 1. The number of carbonyl (C=O) groups excluding carboxylic acids is 2. The Morgan fingerprint density at radius 2 is 2.22 bits per heavy atom. The van der Waals surface area contributed by atoms with Gasteiger partial charge in [-0.2, -0.15) is 0 Å². The van der Waals surface area contributed by atoms with Gasteiger partial charge in [-0.15, -0.1) is 0 Å². The van der Waals surface area contributed by atoms with Crippen molar-refractivity contribution in [2.75, 3.05) is 6.54 Å². The number of carboxylic acid groups (broad SMARTS) is 1. The van der Waals surface area contributed by atoms with Crippen molar-refractivity contribution < 1.29 is 19.5 Å². The van der Waals surface area contributed by atoms with Crippen molar-refractivity contribution in [3.05, 3.63) is 0 Å². The van der Waals surface area contributed by atoms with E-state index in [0.29, 0.717) is 38.6 Å². The van der Waals surface area contributed by atoms with Crippen molar-refractivity contribution in [2.24, 2.45) is 5.73 Å². The second-order valence-corrected chi connectivity index (χ2v) is 4.39. The number of nitrogens with two attached hydrogens (primary N) is 1. The van der Waals surface area contributed by atoms with E-state index >= 15 is 0 Å². The van der Waals surface area contributed by atoms with Crippen LogP contribution in [0.15, 0.2) is 0 Å². The molecule has 1 aliphatic heterocycles. The third-order valence-electron chi connectivity index (χ3n) is 2.87. The van der Waals surface area contributed by atoms with E-state index in [1.54, 1.807) is 0 Å². The molecular weight excluding hydrogens is 238 g/mol. The van der Waals surface area contributed by atoms with E-state index in [2.05, 4.69) is 10.6 Å². The molecule has 1 fully saturated rings. The molecule has 5 N–H and O–H groups in total. The molecule has 0 bridgehead atoms. The van der Waals surface area contributed by atoms with Gasteiger partial charge in [-0.1, -0.05) is 0 Å². The van der Waals surface area contributed by atoms with Gasteiger partial charge in [-0.25, -0.2) is 0 Å². The van der Waals surface area contributed by atoms with Gasteiger partial charge in [-0.05, 0) is 25.7 Å². The summed E-state index contributed by atoms with van der Waals surface area (Å²) in [7, 11) is 0. The van der Waals surface area contributed by atoms with Crippen LogP contribution >= 0.6 is 0 Å². The zero-order valence-electron chi connectivity index (χ0n) is 10.1. The van der Waals surface area contributed by atoms with Crippen LogP contribution in [-0.2, 0) is 14.4 Å². The fourth-order valence-corrected chi connectivity index (χ4v) is 1.76. The van der Waals surface area contributed by atoms with Gasteiger partial charge in [0.1, 0.15) is 12.1 Å². The van der Waals surface area contributed by atoms with E-state index < -0.39 is 18.1 Å². The van der Waals surface area contributed by atoms with Gasteiger partial charge >= 0.3 is 5.97 Å². The maximum atomic E-state index is 11.6. The Morgan fingerprint density at radius 1 is 1.50 bits per heavy atom. The topological polar surface area (TPSA) is 122 Å². The van der Waals surface area contributed by atoms with Crippen molar-refractivity contribution >= 4 is 17.8 Å². The summed E-state index contributed by atoms with van der Waals surface area (Å²) in [6, 6.07) is -1.26. The predicted molar refractivity (Wildman–Crippen MR) is 63.6 cm³/mol. The maximum Gasteiger partial charge on any atom is 0.320 e. The van der Waals surface area contributed by atoms with Crippen LogP contribution in [0.25, 0.3) is 0 Å². The molecule has 0 unspecified atom stereocenters. The highest BCUT2D eigenvalue weighted by Crippen LogP contribution is 2.06. The molecule has 0 radical (unpaired) electrons. The van der Waals surface area contributed by atoms with E-state index in [0.717, 1.165) is 0 Å². The molecule has 18 heavy (non-hydrogen) atoms. The summed E-state index contributed by atoms with van der Waals surface area (Å²) >= 11 is 0. The molecule has 1 rings (SSSR count). The lowest BCUT2D eigenvalue weighted by atomic mass is 10.1. The first-order valence-electron chi connectivity index (χ1n) is 6.06. The minimum atomic E-state index is -1.01. The number of nitrogens with one attached hydrogen (secondary N) is 2. The summed E-state index contributed by atoms with van der Waals surface area (Å²) in [6.07, 6.45) is 2.64. The summed E-state index contributed by atoms with van der Waals surface area (Å²) in [4.78, 5) is 32.9. The van der Waals surface area contributed by atoms with E-state index in [1.807, 2.05) is 0 Å². The van der Waals surface area contributed by atoms with Gasteiger partial charge in [-0.3, -0.25) is 14.4 Å². The quantitative estimate of drug-likeness (QED) is 0.434. The molecular formula is C11H19N3O4. The van der Waals surface area contributed by atoms with Gasteiger partial charge in [0.2, 0.25) is 11.8 Å². The van der Waals surface area contributed by atoms with Crippen molar-refractivity contribution in [3.8, 4) is 0 Å². The summed E-state index contributed by atoms with van der Waals surface area (Å²) in [5, 5.41) is 13.8. The monoisotopic (exact) mass is 257 g/mol. The highest BCUT2D eigenvalue weighted by atomic mass is 16.4. The standard InChI is InChI=1S/C11H19N3O4/c12-7(11(17)18)3-1-2-6-13-10(16)8-4-5-9(15)14-8/h7-8H,1-6,12H2,(H,13,16)(H,14,15)(H,17,18)/t7-,8-/m0/s1. The molecule has 0 aliphatic carbocycles. The lowest BCUT2D eigenvalue weighted by Crippen LogP contribution is -2.41. The van der Waals surface area contributed by atoms with Crippen LogP contribution < -0.4 is 16.4 Å². The number of hydrogen-bond donors (Lipinski definition) is 4. The molecule has 2 amide bonds. The molecule has 0 aromatic rings. The largest absolute Gasteiger partial charge is 0.480 e. The number of aliphatic carboxylic acids is 1. The average Bonchev–Trinajstić information content (AvgIpc) is 2.74. The minimum absolute atomic E-state index is 0.0948. The summed E-state index contributed by atoms with van der Waals surface area (Å²) in [5.74, 6) is -1.28. The first-order chi connectivity index (χ1) is 8.50. The number of hydrogen-bond acceptors (Lipinski definition) is 4. The molecule has 1 aliphatic rings. The minimum Gasteiger partial charge on any atom is -0.480 e. The van der Waals surface area contributed by atoms with Gasteiger partial charge in [0.05, 0.1) is 0 Å². The normalized spacial score (nSPS) is 20.3. The number of rotatable bonds is 7. The Hall–Kier alpha value is -1.63. The molecule has 7 nitrogen and oxygen atoms in total. The Bertz CT molecular complexity index is 332. The van der Waals surface area contributed by atoms with E-state index in [4.69, 9.17) is 10.8 Å². The first kappa shape index (κ1) is 14.4. The van der Waals surface area contributed by atoms with Crippen molar-refractivity contribution in [1.82, 2.24) is 10.6 Å². The van der Waals surface area contributed by atoms with Crippen LogP contribution in [0.1, 0.15) is 32.1 Å². The van der Waals surface area contributed by atoms with Crippen molar-refractivity contribution in [1.29, 1.82) is 0 Å². The lowest BCUT2D eigenvalue weighted by molar-refractivity contribution is -0.138. The molecule has 0 spiro atoms. The maximum absolute atomic E-state index is 11.6. The first-order valence-corrected chi connectivity index (χ1v) is 6.06. The number of carbonyl (C=O) groups is 3. The van der Waals surface area contributed by atoms with Crippen molar-refractivity contribution in [3.63, 3.8) is 0 Å². The SMILES string of the molecule is N[C@@H](CCCCNC(=O)[C@@H]1CCC(=O)N1)C(=O)O. The van der Waals surface area contributed by atoms with Gasteiger partial charge in [0.15, 0.2) is 0 Å². The number of amides is 2. The Kier molecular flexibility index (Phi) is 5.57. The van der Waals surface area contributed by atoms with E-state index in [1.165, 1.54) is 0 Å². The molecule has 2 atom stereocenters. The summed E-state index contributed by atoms with van der Waals surface area (Å²) < 4.78 is 0. The molecule has 0 saturated carbocycles. The van der Waals surface area contributed by atoms with Crippen LogP contribution in [0.3, 0.4) is 0 Å². The third kappa shape index (κ3) is 4.70. The fourth-order valence-electron chi connectivity index (χ4n) is 1.76. The molecule has 0 aromatic heterocycles. The second kappa shape index (κ2) is 6.95. The van der Waals surface area contributed by atoms with E-state index in [-0.39, 0.29) is 11.8 Å². The smallest absolute Gasteiger partial charge is 0.320 e. The molecule has 1 saturated heterocycles. The lowest BCUT2D eigenvalue weighted by Gasteiger charge is -2.11. The zero-order valence-corrected chi connectivity index (χ0v) is 10.1. The molecule has 102 valence electrons. The highest BCUT2D eigenvalue weighted by molar-refractivity contribution is 5.90. The van der Waals surface area contributed by atoms with Crippen LogP contribution in [0.4, 0.5) is 0 Å². The molecule has 0 aromatic carbocycles. The summed E-state index contributed by atoms with van der Waals surface area (Å²) in [5.41, 5.74) is 5.34. The number of unbranched alkanes of at least 4 members (excludes halogenated alkanes) is 1. The van der Waals surface area contributed by atoms with Crippen molar-refractivity contribution in [2.45, 2.75) is 44.2 Å². The Labute approximate surface area is 105 Å². The van der Waals surface area contributed by atoms with Gasteiger partial charge < -0.3 is 21.5 Å². The molecule has 7 heteroatoms. The molecule has 1 heterocycles. The zero-order chi connectivity index (χ0) is 13.5. The highest BCUT2D eigenvalue weighted by Gasteiger charge is 2.26. The van der Waals surface area contributed by atoms with Crippen LogP contribution in [0.2, 0.25) is 0 Å². The second-order valence-electron chi connectivity index (χ2n) is 4.39. The Balaban J connectivity index is 2.06. The van der Waals surface area contributed by atoms with Crippen LogP contribution in [-0.4, -0.2) is 41.5 Å². The van der Waals surface area contributed by atoms with Gasteiger partial charge in [0.25, 0.3) is 0 Å². The van der Waals surface area contributed by atoms with E-state index in [9.17, 15) is 14.4 Å². The average molecular weight is 257 g/mol. The van der Waals surface area contributed by atoms with Crippen LogP contribution in [0, 0.1) is 0 Å². The van der Waals surface area contributed by atoms with Gasteiger partial charge in [0, 0.05) is 13.0 Å². The third-order valence-corrected chi connectivity index (χ3v) is 2.87. The fraction of sp³-hybridized carbons (Fsp3) is 0.727. The van der Waals surface area contributed by atoms with Crippen LogP contribution in [0.5, 0.6) is 0 Å². The Morgan fingerprint density at radius 3 is 2.78 bits per heavy atom. The summed E-state index contributed by atoms with van der Waals surface area (Å²) in [6.45, 7) is 0.470. The predicted octanol–water partition coefficient (Wildman–Crippen LogP) is -1.04.